The van der Waals surface area contributed by atoms with Crippen molar-refractivity contribution >= 4 is 17.5 Å². The molecule has 1 atom stereocenters. The van der Waals surface area contributed by atoms with Gasteiger partial charge in [0.25, 0.3) is 11.6 Å². The van der Waals surface area contributed by atoms with E-state index < -0.39 is 16.2 Å². The molecule has 6 heteroatoms. The molecule has 0 saturated heterocycles. The van der Waals surface area contributed by atoms with Crippen LogP contribution in [0.4, 0.5) is 5.69 Å². The Kier molecular flexibility index (Phi) is 2.48. The maximum atomic E-state index is 12.4. The minimum atomic E-state index is -0.735. The summed E-state index contributed by atoms with van der Waals surface area (Å²) in [5.74, 6) is -0.667. The highest BCUT2D eigenvalue weighted by Gasteiger charge is 2.49. The van der Waals surface area contributed by atoms with Crippen molar-refractivity contribution in [3.8, 4) is 0 Å². The summed E-state index contributed by atoms with van der Waals surface area (Å²) in [4.78, 5) is 36.3. The van der Waals surface area contributed by atoms with Crippen molar-refractivity contribution in [3.05, 3.63) is 38.9 Å². The lowest BCUT2D eigenvalue weighted by atomic mass is 9.66. The summed E-state index contributed by atoms with van der Waals surface area (Å²) in [5.41, 5.74) is 0.943. The van der Waals surface area contributed by atoms with E-state index in [2.05, 4.69) is 0 Å². The second-order valence-corrected chi connectivity index (χ2v) is 5.64. The Morgan fingerprint density at radius 3 is 2.70 bits per heavy atom. The second-order valence-electron chi connectivity index (χ2n) is 5.64. The lowest BCUT2D eigenvalue weighted by molar-refractivity contribution is -0.385. The van der Waals surface area contributed by atoms with Crippen molar-refractivity contribution in [2.24, 2.45) is 0 Å². The third-order valence-corrected chi connectivity index (χ3v) is 4.40. The third-order valence-electron chi connectivity index (χ3n) is 4.40. The number of benzene rings is 1. The van der Waals surface area contributed by atoms with Crippen LogP contribution in [0.5, 0.6) is 0 Å². The number of hydrogen-bond donors (Lipinski definition) is 0. The lowest BCUT2D eigenvalue weighted by Gasteiger charge is -2.42. The van der Waals surface area contributed by atoms with Crippen LogP contribution in [-0.2, 0) is 16.6 Å². The van der Waals surface area contributed by atoms with E-state index in [1.807, 2.05) is 6.92 Å². The number of aryl methyl sites for hydroxylation is 1. The molecular weight excluding hydrogens is 260 g/mol. The largest absolute Gasteiger partial charge is 0.281 e. The highest BCUT2D eigenvalue weighted by molar-refractivity contribution is 6.13. The molecule has 20 heavy (non-hydrogen) atoms. The van der Waals surface area contributed by atoms with Gasteiger partial charge in [-0.05, 0) is 37.3 Å². The molecular formula is C14H14N2O4. The quantitative estimate of drug-likeness (QED) is 0.444. The van der Waals surface area contributed by atoms with Crippen molar-refractivity contribution in [3.63, 3.8) is 0 Å². The van der Waals surface area contributed by atoms with Gasteiger partial charge < -0.3 is 0 Å². The summed E-state index contributed by atoms with van der Waals surface area (Å²) in [5, 5.41) is 11.0. The van der Waals surface area contributed by atoms with Crippen LogP contribution < -0.4 is 0 Å². The smallest absolute Gasteiger partial charge is 0.270 e. The molecule has 0 radical (unpaired) electrons. The van der Waals surface area contributed by atoms with Crippen molar-refractivity contribution in [2.75, 3.05) is 7.05 Å². The van der Waals surface area contributed by atoms with E-state index >= 15 is 0 Å². The number of amides is 2. The van der Waals surface area contributed by atoms with Crippen LogP contribution in [0.3, 0.4) is 0 Å². The van der Waals surface area contributed by atoms with E-state index in [9.17, 15) is 19.7 Å². The number of carbonyl (C=O) groups excluding carboxylic acids is 2. The van der Waals surface area contributed by atoms with Crippen molar-refractivity contribution < 1.29 is 14.5 Å². The first-order valence-electron chi connectivity index (χ1n) is 6.50. The average molecular weight is 274 g/mol. The number of nitro groups is 1. The summed E-state index contributed by atoms with van der Waals surface area (Å²) >= 11 is 0. The van der Waals surface area contributed by atoms with Gasteiger partial charge >= 0.3 is 0 Å². The minimum absolute atomic E-state index is 0.0842. The van der Waals surface area contributed by atoms with Gasteiger partial charge in [0, 0.05) is 19.2 Å². The number of likely N-dealkylation sites (N-methyl/N-ethyl adjacent to an activating group) is 1. The van der Waals surface area contributed by atoms with Gasteiger partial charge in [-0.25, -0.2) is 0 Å². The Labute approximate surface area is 115 Å². The monoisotopic (exact) mass is 274 g/mol. The molecule has 1 aromatic carbocycles. The molecule has 0 N–H and O–H groups in total. The number of nitrogens with zero attached hydrogens (tertiary/aromatic N) is 2. The van der Waals surface area contributed by atoms with E-state index in [0.29, 0.717) is 24.0 Å². The standard InChI is InChI=1S/C14H14N2O4/c1-14-5-3-4-8-6-9(16(19)20)7-10(11(8)14)12(17)15(2)13(14)18/h6-7H,3-5H2,1-2H3. The van der Waals surface area contributed by atoms with Gasteiger partial charge in [-0.15, -0.1) is 0 Å². The first kappa shape index (κ1) is 12.8. The molecule has 2 amide bonds. The Morgan fingerprint density at radius 1 is 1.35 bits per heavy atom. The Morgan fingerprint density at radius 2 is 2.05 bits per heavy atom. The van der Waals surface area contributed by atoms with Crippen molar-refractivity contribution in [1.29, 1.82) is 0 Å². The fourth-order valence-electron chi connectivity index (χ4n) is 3.42. The SMILES string of the molecule is CN1C(=O)c2cc([N+](=O)[O-])cc3c2C(C)(CCC3)C1=O. The maximum Gasteiger partial charge on any atom is 0.270 e. The topological polar surface area (TPSA) is 80.5 Å². The van der Waals surface area contributed by atoms with Crippen molar-refractivity contribution in [1.82, 2.24) is 4.90 Å². The van der Waals surface area contributed by atoms with E-state index in [-0.39, 0.29) is 11.6 Å². The normalized spacial score (nSPS) is 24.6. The summed E-state index contributed by atoms with van der Waals surface area (Å²) in [6, 6.07) is 2.80. The minimum Gasteiger partial charge on any atom is -0.281 e. The van der Waals surface area contributed by atoms with E-state index in [1.165, 1.54) is 19.2 Å². The summed E-state index contributed by atoms with van der Waals surface area (Å²) in [6.07, 6.45) is 2.13. The molecule has 1 heterocycles. The molecule has 104 valence electrons. The zero-order valence-electron chi connectivity index (χ0n) is 11.3. The summed E-state index contributed by atoms with van der Waals surface area (Å²) < 4.78 is 0. The van der Waals surface area contributed by atoms with Gasteiger partial charge in [-0.3, -0.25) is 24.6 Å². The highest BCUT2D eigenvalue weighted by Crippen LogP contribution is 2.45. The fourth-order valence-corrected chi connectivity index (χ4v) is 3.42. The number of nitro benzene ring substituents is 1. The Hall–Kier alpha value is -2.24. The molecule has 1 aliphatic carbocycles. The molecule has 0 spiro atoms. The molecule has 0 aromatic heterocycles. The third kappa shape index (κ3) is 1.44. The van der Waals surface area contributed by atoms with Crippen LogP contribution in [0.1, 0.15) is 41.3 Å². The fraction of sp³-hybridized carbons (Fsp3) is 0.429. The molecule has 1 aromatic rings. The molecule has 0 bridgehead atoms. The lowest BCUT2D eigenvalue weighted by Crippen LogP contribution is -2.52. The predicted molar refractivity (Wildman–Crippen MR) is 70.5 cm³/mol. The number of rotatable bonds is 1. The van der Waals surface area contributed by atoms with E-state index in [4.69, 9.17) is 0 Å². The van der Waals surface area contributed by atoms with Gasteiger partial charge in [-0.2, -0.15) is 0 Å². The first-order valence-corrected chi connectivity index (χ1v) is 6.50. The van der Waals surface area contributed by atoms with Gasteiger partial charge in [0.1, 0.15) is 0 Å². The van der Waals surface area contributed by atoms with Gasteiger partial charge in [0.05, 0.1) is 15.9 Å². The van der Waals surface area contributed by atoms with Crippen LogP contribution in [-0.4, -0.2) is 28.7 Å². The van der Waals surface area contributed by atoms with Crippen LogP contribution in [0.25, 0.3) is 0 Å². The zero-order chi connectivity index (χ0) is 14.7. The van der Waals surface area contributed by atoms with Gasteiger partial charge in [0.2, 0.25) is 5.91 Å². The molecule has 3 rings (SSSR count). The number of imide groups is 1. The van der Waals surface area contributed by atoms with Crippen LogP contribution in [0.2, 0.25) is 0 Å². The molecule has 0 saturated carbocycles. The van der Waals surface area contributed by atoms with Crippen LogP contribution in [0, 0.1) is 10.1 Å². The summed E-state index contributed by atoms with van der Waals surface area (Å²) in [7, 11) is 1.44. The van der Waals surface area contributed by atoms with Crippen LogP contribution >= 0.6 is 0 Å². The van der Waals surface area contributed by atoms with Crippen molar-refractivity contribution in [2.45, 2.75) is 31.6 Å². The van der Waals surface area contributed by atoms with E-state index in [0.717, 1.165) is 16.9 Å². The molecule has 2 aliphatic rings. The predicted octanol–water partition coefficient (Wildman–Crippen LogP) is 1.80. The number of carbonyl (C=O) groups is 2. The Bertz CT molecular complexity index is 667. The Balaban J connectivity index is 2.36. The molecule has 1 aliphatic heterocycles. The highest BCUT2D eigenvalue weighted by atomic mass is 16.6. The molecule has 0 fully saturated rings. The maximum absolute atomic E-state index is 12.4. The zero-order valence-corrected chi connectivity index (χ0v) is 11.3. The molecule has 1 unspecified atom stereocenters. The van der Waals surface area contributed by atoms with Gasteiger partial charge in [0.15, 0.2) is 0 Å². The average Bonchev–Trinajstić information content (AvgIpc) is 2.42. The van der Waals surface area contributed by atoms with E-state index in [1.54, 1.807) is 0 Å². The van der Waals surface area contributed by atoms with Crippen LogP contribution in [0.15, 0.2) is 12.1 Å². The number of hydrogen-bond acceptors (Lipinski definition) is 4. The second kappa shape index (κ2) is 3.88. The molecule has 6 nitrogen and oxygen atoms in total. The van der Waals surface area contributed by atoms with Gasteiger partial charge in [-0.1, -0.05) is 0 Å². The summed E-state index contributed by atoms with van der Waals surface area (Å²) in [6.45, 7) is 1.82. The number of non-ortho nitro benzene ring substituents is 1. The first-order chi connectivity index (χ1) is 9.36.